The molecule has 0 aliphatic carbocycles. The van der Waals surface area contributed by atoms with Crippen LogP contribution < -0.4 is 4.90 Å². The molecule has 1 aromatic rings. The molecule has 0 saturated carbocycles. The van der Waals surface area contributed by atoms with Crippen molar-refractivity contribution in [1.29, 1.82) is 0 Å². The van der Waals surface area contributed by atoms with Crippen LogP contribution in [0, 0.1) is 0 Å². The number of hydrogen-bond donors (Lipinski definition) is 0. The summed E-state index contributed by atoms with van der Waals surface area (Å²) in [5, 5.41) is 0. The predicted molar refractivity (Wildman–Crippen MR) is 111 cm³/mol. The van der Waals surface area contributed by atoms with Crippen molar-refractivity contribution < 1.29 is 4.74 Å². The van der Waals surface area contributed by atoms with Gasteiger partial charge in [-0.25, -0.2) is 0 Å². The fraction of sp³-hybridized carbons (Fsp3) is 0.739. The molecule has 3 saturated heterocycles. The minimum atomic E-state index is 0.374. The predicted octanol–water partition coefficient (Wildman–Crippen LogP) is 3.12. The van der Waals surface area contributed by atoms with Gasteiger partial charge in [0.05, 0.1) is 6.10 Å². The van der Waals surface area contributed by atoms with Gasteiger partial charge in [0.25, 0.3) is 0 Å². The Morgan fingerprint density at radius 1 is 0.926 bits per heavy atom. The van der Waals surface area contributed by atoms with Crippen LogP contribution in [0.2, 0.25) is 0 Å². The third-order valence-electron chi connectivity index (χ3n) is 7.50. The molecule has 4 heterocycles. The maximum atomic E-state index is 5.95. The highest BCUT2D eigenvalue weighted by molar-refractivity contribution is 5.63. The molecular formula is C23H35N3O. The molecular weight excluding hydrogens is 334 g/mol. The highest BCUT2D eigenvalue weighted by atomic mass is 16.5. The minimum absolute atomic E-state index is 0.374. The fourth-order valence-corrected chi connectivity index (χ4v) is 5.85. The molecule has 27 heavy (non-hydrogen) atoms. The SMILES string of the molecule is c1ccc2c(c1)N(C[C@H]1CCCO1)CC21CCN(CCN2CCCC2)CC1. The van der Waals surface area contributed by atoms with E-state index in [1.807, 2.05) is 0 Å². The average molecular weight is 370 g/mol. The largest absolute Gasteiger partial charge is 0.376 e. The molecule has 5 rings (SSSR count). The number of hydrogen-bond acceptors (Lipinski definition) is 4. The van der Waals surface area contributed by atoms with E-state index in [-0.39, 0.29) is 0 Å². The fourth-order valence-electron chi connectivity index (χ4n) is 5.85. The van der Waals surface area contributed by atoms with E-state index < -0.39 is 0 Å². The van der Waals surface area contributed by atoms with Crippen molar-refractivity contribution >= 4 is 5.69 Å². The first-order valence-electron chi connectivity index (χ1n) is 11.2. The second kappa shape index (κ2) is 7.73. The summed E-state index contributed by atoms with van der Waals surface area (Å²) < 4.78 is 5.95. The van der Waals surface area contributed by atoms with Crippen molar-refractivity contribution in [3.63, 3.8) is 0 Å². The first-order valence-corrected chi connectivity index (χ1v) is 11.2. The molecule has 4 heteroatoms. The van der Waals surface area contributed by atoms with Gasteiger partial charge in [0.2, 0.25) is 0 Å². The van der Waals surface area contributed by atoms with Gasteiger partial charge < -0.3 is 19.4 Å². The zero-order valence-corrected chi connectivity index (χ0v) is 16.7. The number of ether oxygens (including phenoxy) is 1. The lowest BCUT2D eigenvalue weighted by Gasteiger charge is -2.40. The average Bonchev–Trinajstić information content (AvgIpc) is 3.45. The molecule has 1 aromatic carbocycles. The zero-order valence-electron chi connectivity index (χ0n) is 16.7. The van der Waals surface area contributed by atoms with Gasteiger partial charge in [-0.2, -0.15) is 0 Å². The molecule has 4 nitrogen and oxygen atoms in total. The molecule has 0 unspecified atom stereocenters. The summed E-state index contributed by atoms with van der Waals surface area (Å²) in [5.41, 5.74) is 3.47. The number of para-hydroxylation sites is 1. The molecule has 0 amide bonds. The van der Waals surface area contributed by atoms with Crippen molar-refractivity contribution in [3.8, 4) is 0 Å². The van der Waals surface area contributed by atoms with Gasteiger partial charge in [0.1, 0.15) is 0 Å². The van der Waals surface area contributed by atoms with Crippen LogP contribution in [0.1, 0.15) is 44.1 Å². The smallest absolute Gasteiger partial charge is 0.0750 e. The molecule has 1 spiro atoms. The van der Waals surface area contributed by atoms with Gasteiger partial charge in [-0.05, 0) is 76.3 Å². The quantitative estimate of drug-likeness (QED) is 0.794. The summed E-state index contributed by atoms with van der Waals surface area (Å²) in [4.78, 5) is 8.01. The Hall–Kier alpha value is -1.10. The van der Waals surface area contributed by atoms with Gasteiger partial charge in [-0.15, -0.1) is 0 Å². The van der Waals surface area contributed by atoms with Crippen LogP contribution in [0.25, 0.3) is 0 Å². The molecule has 148 valence electrons. The second-order valence-corrected chi connectivity index (χ2v) is 9.20. The first kappa shape index (κ1) is 18.0. The summed E-state index contributed by atoms with van der Waals surface area (Å²) in [7, 11) is 0. The van der Waals surface area contributed by atoms with Crippen LogP contribution in [-0.4, -0.2) is 74.9 Å². The van der Waals surface area contributed by atoms with Crippen LogP contribution in [-0.2, 0) is 10.2 Å². The Kier molecular flexibility index (Phi) is 5.14. The van der Waals surface area contributed by atoms with Crippen molar-refractivity contribution in [1.82, 2.24) is 9.80 Å². The zero-order chi connectivity index (χ0) is 18.1. The topological polar surface area (TPSA) is 19.0 Å². The Bertz CT molecular complexity index is 628. The normalized spacial score (nSPS) is 28.3. The van der Waals surface area contributed by atoms with Crippen LogP contribution in [0.4, 0.5) is 5.69 Å². The number of anilines is 1. The van der Waals surface area contributed by atoms with E-state index in [4.69, 9.17) is 4.74 Å². The Morgan fingerprint density at radius 2 is 1.67 bits per heavy atom. The molecule has 0 radical (unpaired) electrons. The lowest BCUT2D eigenvalue weighted by atomic mass is 9.74. The van der Waals surface area contributed by atoms with E-state index in [1.165, 1.54) is 90.0 Å². The number of rotatable bonds is 5. The second-order valence-electron chi connectivity index (χ2n) is 9.20. The number of fused-ring (bicyclic) bond motifs is 2. The number of piperidine rings is 1. The van der Waals surface area contributed by atoms with E-state index >= 15 is 0 Å². The molecule has 0 aromatic heterocycles. The maximum Gasteiger partial charge on any atom is 0.0750 e. The highest BCUT2D eigenvalue weighted by Gasteiger charge is 2.44. The summed E-state index contributed by atoms with van der Waals surface area (Å²) >= 11 is 0. The Morgan fingerprint density at radius 3 is 2.41 bits per heavy atom. The van der Waals surface area contributed by atoms with Crippen LogP contribution >= 0.6 is 0 Å². The molecule has 0 bridgehead atoms. The molecule has 0 N–H and O–H groups in total. The van der Waals surface area contributed by atoms with E-state index in [9.17, 15) is 0 Å². The Balaban J connectivity index is 1.23. The van der Waals surface area contributed by atoms with Gasteiger partial charge in [0.15, 0.2) is 0 Å². The van der Waals surface area contributed by atoms with Gasteiger partial charge in [-0.1, -0.05) is 18.2 Å². The minimum Gasteiger partial charge on any atom is -0.376 e. The van der Waals surface area contributed by atoms with Crippen molar-refractivity contribution in [2.45, 2.75) is 50.0 Å². The van der Waals surface area contributed by atoms with Crippen LogP contribution in [0.5, 0.6) is 0 Å². The van der Waals surface area contributed by atoms with E-state index in [1.54, 1.807) is 5.56 Å². The van der Waals surface area contributed by atoms with Gasteiger partial charge >= 0.3 is 0 Å². The molecule has 1 atom stereocenters. The molecule has 4 aliphatic heterocycles. The first-order chi connectivity index (χ1) is 13.3. The third kappa shape index (κ3) is 3.64. The monoisotopic (exact) mass is 369 g/mol. The number of likely N-dealkylation sites (tertiary alicyclic amines) is 2. The van der Waals surface area contributed by atoms with Crippen molar-refractivity contribution in [2.24, 2.45) is 0 Å². The van der Waals surface area contributed by atoms with Crippen LogP contribution in [0.15, 0.2) is 24.3 Å². The number of nitrogens with zero attached hydrogens (tertiary/aromatic N) is 3. The Labute approximate surface area is 164 Å². The lowest BCUT2D eigenvalue weighted by Crippen LogP contribution is -2.47. The van der Waals surface area contributed by atoms with Crippen molar-refractivity contribution in [3.05, 3.63) is 29.8 Å². The summed E-state index contributed by atoms with van der Waals surface area (Å²) in [6.07, 6.45) is 8.33. The third-order valence-corrected chi connectivity index (χ3v) is 7.50. The van der Waals surface area contributed by atoms with Crippen LogP contribution in [0.3, 0.4) is 0 Å². The summed E-state index contributed by atoms with van der Waals surface area (Å²) in [5.74, 6) is 0. The maximum absolute atomic E-state index is 5.95. The van der Waals surface area contributed by atoms with E-state index in [2.05, 4.69) is 39.0 Å². The highest BCUT2D eigenvalue weighted by Crippen LogP contribution is 2.47. The lowest BCUT2D eigenvalue weighted by molar-refractivity contribution is 0.113. The van der Waals surface area contributed by atoms with E-state index in [0.717, 1.165) is 13.2 Å². The van der Waals surface area contributed by atoms with Gasteiger partial charge in [0, 0.05) is 43.9 Å². The number of benzene rings is 1. The standard InChI is InChI=1S/C23H35N3O/c1-2-8-22-21(7-1)23(19-26(22)18-20-6-5-17-27-20)9-13-25(14-10-23)16-15-24-11-3-4-12-24/h1-2,7-8,20H,3-6,9-19H2/t20-/m1/s1. The summed E-state index contributed by atoms with van der Waals surface area (Å²) in [6.45, 7) is 10.9. The van der Waals surface area contributed by atoms with Crippen molar-refractivity contribution in [2.75, 3.05) is 63.9 Å². The molecule has 4 aliphatic rings. The summed E-state index contributed by atoms with van der Waals surface area (Å²) in [6, 6.07) is 9.21. The molecule has 3 fully saturated rings. The van der Waals surface area contributed by atoms with Gasteiger partial charge in [-0.3, -0.25) is 0 Å². The van der Waals surface area contributed by atoms with E-state index in [0.29, 0.717) is 11.5 Å².